The van der Waals surface area contributed by atoms with E-state index in [0.717, 1.165) is 48.8 Å². The lowest BCUT2D eigenvalue weighted by molar-refractivity contribution is 0.393. The maximum absolute atomic E-state index is 5.70. The van der Waals surface area contributed by atoms with Crippen LogP contribution in [0.4, 0.5) is 0 Å². The van der Waals surface area contributed by atoms with Crippen molar-refractivity contribution in [2.45, 2.75) is 31.2 Å². The van der Waals surface area contributed by atoms with Gasteiger partial charge in [-0.15, -0.1) is 0 Å². The van der Waals surface area contributed by atoms with Gasteiger partial charge in [-0.3, -0.25) is 0 Å². The number of rotatable bonds is 8. The summed E-state index contributed by atoms with van der Waals surface area (Å²) >= 11 is 5.70. The smallest absolute Gasteiger partial charge is 0.122 e. The second kappa shape index (κ2) is 7.21. The zero-order valence-corrected chi connectivity index (χ0v) is 14.9. The molecule has 0 atom stereocenters. The molecule has 1 aromatic heterocycles. The SMILES string of the molecule is COc1cc(OC)cc(C2(C(=S)NCCCn3ccnc3)CC2)c1. The lowest BCUT2D eigenvalue weighted by Gasteiger charge is -2.20. The van der Waals surface area contributed by atoms with Gasteiger partial charge in [0.25, 0.3) is 0 Å². The summed E-state index contributed by atoms with van der Waals surface area (Å²) in [6.07, 6.45) is 8.75. The molecule has 1 aromatic carbocycles. The maximum atomic E-state index is 5.70. The zero-order chi connectivity index (χ0) is 17.0. The summed E-state index contributed by atoms with van der Waals surface area (Å²) in [7, 11) is 3.34. The van der Waals surface area contributed by atoms with Crippen molar-refractivity contribution < 1.29 is 9.47 Å². The zero-order valence-electron chi connectivity index (χ0n) is 14.1. The number of thiocarbonyl (C=S) groups is 1. The molecule has 3 rings (SSSR count). The van der Waals surface area contributed by atoms with Crippen molar-refractivity contribution in [3.8, 4) is 11.5 Å². The van der Waals surface area contributed by atoms with Gasteiger partial charge in [-0.05, 0) is 37.0 Å². The normalized spacial score (nSPS) is 14.9. The van der Waals surface area contributed by atoms with E-state index < -0.39 is 0 Å². The quantitative estimate of drug-likeness (QED) is 0.589. The molecule has 1 saturated carbocycles. The van der Waals surface area contributed by atoms with E-state index in [2.05, 4.69) is 27.0 Å². The Morgan fingerprint density at radius 3 is 2.50 bits per heavy atom. The van der Waals surface area contributed by atoms with Crippen molar-refractivity contribution >= 4 is 17.2 Å². The van der Waals surface area contributed by atoms with Crippen molar-refractivity contribution in [1.82, 2.24) is 14.9 Å². The first-order chi connectivity index (χ1) is 11.7. The largest absolute Gasteiger partial charge is 0.497 e. The molecule has 24 heavy (non-hydrogen) atoms. The molecule has 1 N–H and O–H groups in total. The molecule has 0 bridgehead atoms. The summed E-state index contributed by atoms with van der Waals surface area (Å²) in [5, 5.41) is 3.44. The average Bonchev–Trinajstić information content (AvgIpc) is 3.27. The van der Waals surface area contributed by atoms with E-state index in [1.165, 1.54) is 5.56 Å². The second-order valence-electron chi connectivity index (χ2n) is 6.09. The Kier molecular flexibility index (Phi) is 5.04. The summed E-state index contributed by atoms with van der Waals surface area (Å²) in [5.41, 5.74) is 1.11. The van der Waals surface area contributed by atoms with Gasteiger partial charge < -0.3 is 19.4 Å². The fraction of sp³-hybridized carbons (Fsp3) is 0.444. The molecule has 1 aliphatic rings. The number of imidazole rings is 1. The summed E-state index contributed by atoms with van der Waals surface area (Å²) in [6, 6.07) is 6.02. The number of aryl methyl sites for hydroxylation is 1. The number of hydrogen-bond donors (Lipinski definition) is 1. The van der Waals surface area contributed by atoms with E-state index in [1.54, 1.807) is 20.4 Å². The summed E-state index contributed by atoms with van der Waals surface area (Å²) in [4.78, 5) is 4.97. The van der Waals surface area contributed by atoms with Gasteiger partial charge in [0, 0.05) is 37.0 Å². The molecule has 0 spiro atoms. The number of hydrogen-bond acceptors (Lipinski definition) is 4. The fourth-order valence-corrected chi connectivity index (χ4v) is 3.33. The Morgan fingerprint density at radius 1 is 1.25 bits per heavy atom. The molecule has 6 heteroatoms. The first-order valence-electron chi connectivity index (χ1n) is 8.15. The highest BCUT2D eigenvalue weighted by Crippen LogP contribution is 2.50. The van der Waals surface area contributed by atoms with Gasteiger partial charge in [0.1, 0.15) is 11.5 Å². The molecule has 2 aromatic rings. The van der Waals surface area contributed by atoms with Gasteiger partial charge >= 0.3 is 0 Å². The molecule has 1 fully saturated rings. The number of aromatic nitrogens is 2. The number of nitrogens with zero attached hydrogens (tertiary/aromatic N) is 2. The molecular formula is C18H23N3O2S. The van der Waals surface area contributed by atoms with Gasteiger partial charge in [-0.2, -0.15) is 0 Å². The van der Waals surface area contributed by atoms with E-state index in [0.29, 0.717) is 0 Å². The van der Waals surface area contributed by atoms with Crippen LogP contribution in [-0.4, -0.2) is 35.3 Å². The average molecular weight is 345 g/mol. The molecule has 0 radical (unpaired) electrons. The summed E-state index contributed by atoms with van der Waals surface area (Å²) < 4.78 is 12.8. The van der Waals surface area contributed by atoms with E-state index in [1.807, 2.05) is 18.6 Å². The minimum absolute atomic E-state index is 0.0633. The van der Waals surface area contributed by atoms with Crippen LogP contribution in [0, 0.1) is 0 Å². The maximum Gasteiger partial charge on any atom is 0.122 e. The molecule has 1 heterocycles. The van der Waals surface area contributed by atoms with Crippen molar-refractivity contribution in [1.29, 1.82) is 0 Å². The highest BCUT2D eigenvalue weighted by atomic mass is 32.1. The Bertz CT molecular complexity index is 674. The molecule has 1 aliphatic carbocycles. The van der Waals surface area contributed by atoms with Crippen LogP contribution in [0.25, 0.3) is 0 Å². The predicted octanol–water partition coefficient (Wildman–Crippen LogP) is 2.94. The predicted molar refractivity (Wildman–Crippen MR) is 97.9 cm³/mol. The standard InChI is InChI=1S/C18H23N3O2S/c1-22-15-10-14(11-16(12-15)23-2)18(4-5-18)17(24)20-6-3-8-21-9-7-19-13-21/h7,9-13H,3-6,8H2,1-2H3,(H,20,24). The molecule has 128 valence electrons. The number of nitrogens with one attached hydrogen (secondary N) is 1. The number of benzene rings is 1. The monoisotopic (exact) mass is 345 g/mol. The van der Waals surface area contributed by atoms with Gasteiger partial charge in [0.15, 0.2) is 0 Å². The van der Waals surface area contributed by atoms with Gasteiger partial charge in [-0.1, -0.05) is 12.2 Å². The molecule has 0 saturated heterocycles. The molecule has 0 aliphatic heterocycles. The minimum Gasteiger partial charge on any atom is -0.497 e. The lowest BCUT2D eigenvalue weighted by atomic mass is 9.95. The van der Waals surface area contributed by atoms with Crippen LogP contribution in [0.5, 0.6) is 11.5 Å². The molecular weight excluding hydrogens is 322 g/mol. The topological polar surface area (TPSA) is 48.3 Å². The van der Waals surface area contributed by atoms with Crippen LogP contribution in [0.2, 0.25) is 0 Å². The molecule has 5 nitrogen and oxygen atoms in total. The van der Waals surface area contributed by atoms with Crippen LogP contribution < -0.4 is 14.8 Å². The Labute approximate surface area is 148 Å². The first kappa shape index (κ1) is 16.8. The third-order valence-corrected chi connectivity index (χ3v) is 5.06. The van der Waals surface area contributed by atoms with Crippen molar-refractivity contribution in [3.63, 3.8) is 0 Å². The minimum atomic E-state index is -0.0633. The van der Waals surface area contributed by atoms with Crippen LogP contribution in [0.1, 0.15) is 24.8 Å². The fourth-order valence-electron chi connectivity index (χ4n) is 2.91. The van der Waals surface area contributed by atoms with Crippen LogP contribution in [0.3, 0.4) is 0 Å². The van der Waals surface area contributed by atoms with Gasteiger partial charge in [0.05, 0.1) is 25.5 Å². The number of ether oxygens (including phenoxy) is 2. The van der Waals surface area contributed by atoms with Gasteiger partial charge in [0.2, 0.25) is 0 Å². The summed E-state index contributed by atoms with van der Waals surface area (Å²) in [6.45, 7) is 1.80. The van der Waals surface area contributed by atoms with E-state index in [9.17, 15) is 0 Å². The lowest BCUT2D eigenvalue weighted by Crippen LogP contribution is -2.34. The Balaban J connectivity index is 1.61. The van der Waals surface area contributed by atoms with Gasteiger partial charge in [-0.25, -0.2) is 4.98 Å². The third kappa shape index (κ3) is 3.53. The number of methoxy groups -OCH3 is 2. The van der Waals surface area contributed by atoms with E-state index in [-0.39, 0.29) is 5.41 Å². The second-order valence-corrected chi connectivity index (χ2v) is 6.50. The van der Waals surface area contributed by atoms with E-state index >= 15 is 0 Å². The first-order valence-corrected chi connectivity index (χ1v) is 8.56. The summed E-state index contributed by atoms with van der Waals surface area (Å²) in [5.74, 6) is 1.61. The van der Waals surface area contributed by atoms with Crippen molar-refractivity contribution in [3.05, 3.63) is 42.5 Å². The van der Waals surface area contributed by atoms with Crippen LogP contribution >= 0.6 is 12.2 Å². The Morgan fingerprint density at radius 2 is 1.96 bits per heavy atom. The van der Waals surface area contributed by atoms with Crippen LogP contribution in [0.15, 0.2) is 36.9 Å². The molecule has 0 unspecified atom stereocenters. The molecule has 0 amide bonds. The van der Waals surface area contributed by atoms with Crippen molar-refractivity contribution in [2.24, 2.45) is 0 Å². The highest BCUT2D eigenvalue weighted by Gasteiger charge is 2.48. The highest BCUT2D eigenvalue weighted by molar-refractivity contribution is 7.80. The Hall–Kier alpha value is -2.08. The van der Waals surface area contributed by atoms with Crippen LogP contribution in [-0.2, 0) is 12.0 Å². The third-order valence-electron chi connectivity index (χ3n) is 4.53. The van der Waals surface area contributed by atoms with E-state index in [4.69, 9.17) is 21.7 Å². The van der Waals surface area contributed by atoms with Crippen molar-refractivity contribution in [2.75, 3.05) is 20.8 Å².